The molecular weight excluding hydrogens is 346 g/mol. The number of hydrogen-bond donors (Lipinski definition) is 0. The molecule has 136 valence electrons. The average Bonchev–Trinajstić information content (AvgIpc) is 3.41. The highest BCUT2D eigenvalue weighted by Crippen LogP contribution is 2.35. The quantitative estimate of drug-likeness (QED) is 0.810. The Bertz CT molecular complexity index is 797. The minimum atomic E-state index is -0.0719. The number of nitrogens with zero attached hydrogens (tertiary/aromatic N) is 3. The maximum Gasteiger partial charge on any atom is 0.257 e. The third kappa shape index (κ3) is 3.52. The second-order valence-electron chi connectivity index (χ2n) is 6.74. The van der Waals surface area contributed by atoms with Crippen LogP contribution in [0.4, 0.5) is 0 Å². The third-order valence-electron chi connectivity index (χ3n) is 5.01. The number of rotatable bonds is 5. The number of ether oxygens (including phenoxy) is 1. The van der Waals surface area contributed by atoms with Gasteiger partial charge in [0.15, 0.2) is 0 Å². The number of thiophene rings is 1. The van der Waals surface area contributed by atoms with Crippen LogP contribution >= 0.6 is 11.3 Å². The first-order valence-electron chi connectivity index (χ1n) is 9.04. The van der Waals surface area contributed by atoms with Crippen LogP contribution in [-0.4, -0.2) is 48.3 Å². The van der Waals surface area contributed by atoms with Gasteiger partial charge in [-0.25, -0.2) is 5.01 Å². The molecule has 3 heterocycles. The van der Waals surface area contributed by atoms with Crippen molar-refractivity contribution < 1.29 is 9.53 Å². The average molecular weight is 369 g/mol. The first kappa shape index (κ1) is 17.2. The number of hydrogen-bond acceptors (Lipinski definition) is 5. The summed E-state index contributed by atoms with van der Waals surface area (Å²) < 4.78 is 5.37. The monoisotopic (exact) mass is 369 g/mol. The predicted octanol–water partition coefficient (Wildman–Crippen LogP) is 3.53. The molecule has 1 fully saturated rings. The Balaban J connectivity index is 1.61. The van der Waals surface area contributed by atoms with E-state index in [0.717, 1.165) is 41.4 Å². The molecule has 0 spiro atoms. The van der Waals surface area contributed by atoms with Gasteiger partial charge in [-0.2, -0.15) is 5.10 Å². The molecule has 0 radical (unpaired) electrons. The van der Waals surface area contributed by atoms with Crippen molar-refractivity contribution >= 4 is 23.0 Å². The molecular formula is C20H23N3O2S. The van der Waals surface area contributed by atoms with E-state index < -0.39 is 0 Å². The van der Waals surface area contributed by atoms with Gasteiger partial charge in [0.05, 0.1) is 30.3 Å². The van der Waals surface area contributed by atoms with E-state index >= 15 is 0 Å². The van der Waals surface area contributed by atoms with Gasteiger partial charge in [0.1, 0.15) is 5.75 Å². The van der Waals surface area contributed by atoms with Gasteiger partial charge in [0.25, 0.3) is 5.91 Å². The Hall–Kier alpha value is -2.18. The van der Waals surface area contributed by atoms with E-state index in [-0.39, 0.29) is 11.9 Å². The van der Waals surface area contributed by atoms with Crippen LogP contribution in [0, 0.1) is 0 Å². The lowest BCUT2D eigenvalue weighted by Gasteiger charge is -2.24. The molecule has 2 aromatic rings. The van der Waals surface area contributed by atoms with Crippen molar-refractivity contribution in [2.75, 3.05) is 26.7 Å². The molecule has 0 unspecified atom stereocenters. The minimum Gasteiger partial charge on any atom is -0.497 e. The molecule has 0 aliphatic carbocycles. The number of carbonyl (C=O) groups is 1. The minimum absolute atomic E-state index is 0.0719. The van der Waals surface area contributed by atoms with Gasteiger partial charge in [-0.1, -0.05) is 18.2 Å². The molecule has 1 amide bonds. The van der Waals surface area contributed by atoms with Crippen molar-refractivity contribution in [3.8, 4) is 5.75 Å². The van der Waals surface area contributed by atoms with Crippen molar-refractivity contribution in [3.63, 3.8) is 0 Å². The predicted molar refractivity (Wildman–Crippen MR) is 104 cm³/mol. The molecule has 1 saturated heterocycles. The Kier molecular flexibility index (Phi) is 5.04. The van der Waals surface area contributed by atoms with E-state index in [2.05, 4.69) is 17.0 Å². The molecule has 1 aromatic carbocycles. The summed E-state index contributed by atoms with van der Waals surface area (Å²) in [4.78, 5) is 16.4. The molecule has 1 atom stereocenters. The summed E-state index contributed by atoms with van der Waals surface area (Å²) in [5.74, 6) is 0.880. The summed E-state index contributed by atoms with van der Waals surface area (Å²) in [7, 11) is 1.66. The van der Waals surface area contributed by atoms with Crippen LogP contribution in [-0.2, 0) is 4.79 Å². The lowest BCUT2D eigenvalue weighted by atomic mass is 10.0. The number of methoxy groups -OCH3 is 1. The van der Waals surface area contributed by atoms with Crippen LogP contribution in [0.15, 0.2) is 46.9 Å². The van der Waals surface area contributed by atoms with Crippen LogP contribution in [0.1, 0.15) is 35.7 Å². The van der Waals surface area contributed by atoms with E-state index in [1.54, 1.807) is 23.5 Å². The first-order chi connectivity index (χ1) is 12.7. The first-order valence-corrected chi connectivity index (χ1v) is 9.92. The maximum absolute atomic E-state index is 13.0. The molecule has 1 aromatic heterocycles. The number of carbonyl (C=O) groups excluding carboxylic acids is 1. The van der Waals surface area contributed by atoms with E-state index in [0.29, 0.717) is 6.54 Å². The fourth-order valence-corrected chi connectivity index (χ4v) is 4.37. The summed E-state index contributed by atoms with van der Waals surface area (Å²) in [6.07, 6.45) is 3.09. The molecule has 0 N–H and O–H groups in total. The maximum atomic E-state index is 13.0. The number of likely N-dealkylation sites (tertiary alicyclic amines) is 1. The topological polar surface area (TPSA) is 45.1 Å². The van der Waals surface area contributed by atoms with Gasteiger partial charge < -0.3 is 4.74 Å². The smallest absolute Gasteiger partial charge is 0.257 e. The van der Waals surface area contributed by atoms with Crippen molar-refractivity contribution in [1.82, 2.24) is 9.91 Å². The molecule has 0 bridgehead atoms. The van der Waals surface area contributed by atoms with Gasteiger partial charge in [0, 0.05) is 6.42 Å². The summed E-state index contributed by atoms with van der Waals surface area (Å²) in [5.41, 5.74) is 2.05. The number of benzene rings is 1. The standard InChI is InChI=1S/C20H23N3O2S/c1-25-16-7-4-6-15(12-16)18-13-17(19-8-5-11-26-19)21-23(18)20(24)14-22-9-2-3-10-22/h4-8,11-12,18H,2-3,9-10,13-14H2,1H3/t18-/m0/s1. The van der Waals surface area contributed by atoms with Gasteiger partial charge >= 0.3 is 0 Å². The van der Waals surface area contributed by atoms with Gasteiger partial charge in [-0.3, -0.25) is 9.69 Å². The SMILES string of the molecule is COc1cccc([C@@H]2CC(c3cccs3)=NN2C(=O)CN2CCCC2)c1. The highest BCUT2D eigenvalue weighted by atomic mass is 32.1. The Morgan fingerprint density at radius 3 is 2.85 bits per heavy atom. The highest BCUT2D eigenvalue weighted by molar-refractivity contribution is 7.12. The zero-order valence-electron chi connectivity index (χ0n) is 14.9. The van der Waals surface area contributed by atoms with Crippen LogP contribution < -0.4 is 4.74 Å². The largest absolute Gasteiger partial charge is 0.497 e. The van der Waals surface area contributed by atoms with Crippen molar-refractivity contribution in [3.05, 3.63) is 52.2 Å². The molecule has 4 rings (SSSR count). The van der Waals surface area contributed by atoms with E-state index in [1.807, 2.05) is 29.6 Å². The van der Waals surface area contributed by atoms with Crippen LogP contribution in [0.3, 0.4) is 0 Å². The molecule has 0 saturated carbocycles. The summed E-state index contributed by atoms with van der Waals surface area (Å²) in [5, 5.41) is 8.47. The normalized spacial score (nSPS) is 20.4. The van der Waals surface area contributed by atoms with Crippen molar-refractivity contribution in [2.45, 2.75) is 25.3 Å². The Morgan fingerprint density at radius 1 is 1.27 bits per heavy atom. The molecule has 5 nitrogen and oxygen atoms in total. The zero-order chi connectivity index (χ0) is 17.9. The van der Waals surface area contributed by atoms with Crippen LogP contribution in [0.2, 0.25) is 0 Å². The Morgan fingerprint density at radius 2 is 2.12 bits per heavy atom. The van der Waals surface area contributed by atoms with E-state index in [9.17, 15) is 4.79 Å². The molecule has 6 heteroatoms. The van der Waals surface area contributed by atoms with Crippen molar-refractivity contribution in [1.29, 1.82) is 0 Å². The fraction of sp³-hybridized carbons (Fsp3) is 0.400. The van der Waals surface area contributed by atoms with E-state index in [1.165, 1.54) is 12.8 Å². The number of hydrazone groups is 1. The summed E-state index contributed by atoms with van der Waals surface area (Å²) in [6, 6.07) is 12.0. The van der Waals surface area contributed by atoms with Crippen molar-refractivity contribution in [2.24, 2.45) is 5.10 Å². The van der Waals surface area contributed by atoms with Gasteiger partial charge in [0.2, 0.25) is 0 Å². The van der Waals surface area contributed by atoms with Crippen LogP contribution in [0.5, 0.6) is 5.75 Å². The molecule has 2 aliphatic heterocycles. The Labute approximate surface area is 157 Å². The second kappa shape index (κ2) is 7.60. The van der Waals surface area contributed by atoms with E-state index in [4.69, 9.17) is 9.84 Å². The molecule has 26 heavy (non-hydrogen) atoms. The molecule has 2 aliphatic rings. The number of amides is 1. The van der Waals surface area contributed by atoms with Gasteiger partial charge in [-0.15, -0.1) is 11.3 Å². The lowest BCUT2D eigenvalue weighted by Crippen LogP contribution is -2.36. The van der Waals surface area contributed by atoms with Crippen LogP contribution in [0.25, 0.3) is 0 Å². The zero-order valence-corrected chi connectivity index (χ0v) is 15.7. The second-order valence-corrected chi connectivity index (χ2v) is 7.69. The third-order valence-corrected chi connectivity index (χ3v) is 5.93. The summed E-state index contributed by atoms with van der Waals surface area (Å²) >= 11 is 1.67. The fourth-order valence-electron chi connectivity index (χ4n) is 3.64. The lowest BCUT2D eigenvalue weighted by molar-refractivity contribution is -0.134. The van der Waals surface area contributed by atoms with Gasteiger partial charge in [-0.05, 0) is 55.1 Å². The highest BCUT2D eigenvalue weighted by Gasteiger charge is 2.34. The summed E-state index contributed by atoms with van der Waals surface area (Å²) in [6.45, 7) is 2.46.